The van der Waals surface area contributed by atoms with Crippen molar-refractivity contribution in [2.24, 2.45) is 0 Å². The van der Waals surface area contributed by atoms with Crippen LogP contribution in [0.3, 0.4) is 0 Å². The van der Waals surface area contributed by atoms with Crippen molar-refractivity contribution in [1.29, 1.82) is 0 Å². The molecule has 1 aliphatic heterocycles. The summed E-state index contributed by atoms with van der Waals surface area (Å²) < 4.78 is 10.5. The Labute approximate surface area is 150 Å². The van der Waals surface area contributed by atoms with E-state index in [1.807, 2.05) is 18.2 Å². The van der Waals surface area contributed by atoms with Crippen molar-refractivity contribution in [3.8, 4) is 5.75 Å². The fourth-order valence-electron chi connectivity index (χ4n) is 2.35. The van der Waals surface area contributed by atoms with Crippen molar-refractivity contribution in [2.75, 3.05) is 39.4 Å². The van der Waals surface area contributed by atoms with Crippen LogP contribution in [0, 0.1) is 0 Å². The zero-order chi connectivity index (χ0) is 14.9. The van der Waals surface area contributed by atoms with Crippen LogP contribution in [0.15, 0.2) is 24.3 Å². The Morgan fingerprint density at radius 1 is 1.26 bits per heavy atom. The number of halogens is 2. The Morgan fingerprint density at radius 3 is 2.70 bits per heavy atom. The number of piperazine rings is 1. The summed E-state index contributed by atoms with van der Waals surface area (Å²) in [6, 6.07) is 8.08. The number of benzene rings is 1. The van der Waals surface area contributed by atoms with E-state index in [-0.39, 0.29) is 37.2 Å². The summed E-state index contributed by atoms with van der Waals surface area (Å²) in [7, 11) is 0. The SMILES string of the molecule is CCOC(=O)CCOc1cccc(CN2CCNCC2)c1.Cl.Cl. The molecule has 23 heavy (non-hydrogen) atoms. The van der Waals surface area contributed by atoms with Gasteiger partial charge in [-0.15, -0.1) is 24.8 Å². The summed E-state index contributed by atoms with van der Waals surface area (Å²) in [5.74, 6) is 0.599. The fourth-order valence-corrected chi connectivity index (χ4v) is 2.35. The number of nitrogens with one attached hydrogen (secondary N) is 1. The zero-order valence-corrected chi connectivity index (χ0v) is 15.1. The van der Waals surface area contributed by atoms with Crippen LogP contribution in [-0.2, 0) is 16.1 Å². The quantitative estimate of drug-likeness (QED) is 0.752. The lowest BCUT2D eigenvalue weighted by Gasteiger charge is -2.27. The van der Waals surface area contributed by atoms with Crippen LogP contribution in [0.5, 0.6) is 5.75 Å². The van der Waals surface area contributed by atoms with Gasteiger partial charge in [0.05, 0.1) is 19.6 Å². The van der Waals surface area contributed by atoms with E-state index in [1.54, 1.807) is 6.92 Å². The van der Waals surface area contributed by atoms with Gasteiger partial charge < -0.3 is 14.8 Å². The fraction of sp³-hybridized carbons (Fsp3) is 0.562. The second-order valence-electron chi connectivity index (χ2n) is 5.08. The molecule has 0 spiro atoms. The van der Waals surface area contributed by atoms with Crippen molar-refractivity contribution in [3.05, 3.63) is 29.8 Å². The van der Waals surface area contributed by atoms with E-state index in [0.29, 0.717) is 13.2 Å². The van der Waals surface area contributed by atoms with E-state index >= 15 is 0 Å². The van der Waals surface area contributed by atoms with Crippen LogP contribution < -0.4 is 10.1 Å². The standard InChI is InChI=1S/C16H24N2O3.2ClH/c1-2-20-16(19)6-11-21-15-5-3-4-14(12-15)13-18-9-7-17-8-10-18;;/h3-5,12,17H,2,6-11,13H2,1H3;2*1H. The lowest BCUT2D eigenvalue weighted by molar-refractivity contribution is -0.143. The first kappa shape index (κ1) is 22.0. The van der Waals surface area contributed by atoms with E-state index < -0.39 is 0 Å². The zero-order valence-electron chi connectivity index (χ0n) is 13.5. The molecule has 0 bridgehead atoms. The number of hydrogen-bond acceptors (Lipinski definition) is 5. The number of esters is 1. The second kappa shape index (κ2) is 12.4. The smallest absolute Gasteiger partial charge is 0.309 e. The number of carbonyl (C=O) groups is 1. The van der Waals surface area contributed by atoms with Crippen molar-refractivity contribution in [3.63, 3.8) is 0 Å². The summed E-state index contributed by atoms with van der Waals surface area (Å²) in [5, 5.41) is 3.35. The summed E-state index contributed by atoms with van der Waals surface area (Å²) >= 11 is 0. The van der Waals surface area contributed by atoms with Gasteiger partial charge in [-0.1, -0.05) is 12.1 Å². The normalized spacial score (nSPS) is 14.3. The van der Waals surface area contributed by atoms with E-state index in [0.717, 1.165) is 38.5 Å². The Morgan fingerprint density at radius 2 is 2.00 bits per heavy atom. The van der Waals surface area contributed by atoms with Gasteiger partial charge in [0.1, 0.15) is 5.75 Å². The van der Waals surface area contributed by atoms with Gasteiger partial charge in [-0.05, 0) is 24.6 Å². The van der Waals surface area contributed by atoms with Crippen LogP contribution >= 0.6 is 24.8 Å². The predicted octanol–water partition coefficient (Wildman–Crippen LogP) is 2.27. The third-order valence-electron chi connectivity index (χ3n) is 3.39. The van der Waals surface area contributed by atoms with E-state index in [9.17, 15) is 4.79 Å². The average Bonchev–Trinajstić information content (AvgIpc) is 2.49. The molecule has 0 atom stereocenters. The highest BCUT2D eigenvalue weighted by atomic mass is 35.5. The topological polar surface area (TPSA) is 50.8 Å². The van der Waals surface area contributed by atoms with Crippen LogP contribution in [0.4, 0.5) is 0 Å². The lowest BCUT2D eigenvalue weighted by Crippen LogP contribution is -2.42. The summed E-state index contributed by atoms with van der Waals surface area (Å²) in [5.41, 5.74) is 1.24. The maximum absolute atomic E-state index is 11.2. The molecule has 1 fully saturated rings. The van der Waals surface area contributed by atoms with Gasteiger partial charge in [0.15, 0.2) is 0 Å². The number of ether oxygens (including phenoxy) is 2. The minimum absolute atomic E-state index is 0. The molecular weight excluding hydrogens is 339 g/mol. The maximum atomic E-state index is 11.2. The molecule has 5 nitrogen and oxygen atoms in total. The van der Waals surface area contributed by atoms with Crippen molar-refractivity contribution >= 4 is 30.8 Å². The Bertz CT molecular complexity index is 455. The molecule has 1 aromatic carbocycles. The minimum Gasteiger partial charge on any atom is -0.493 e. The molecule has 0 aliphatic carbocycles. The maximum Gasteiger partial charge on any atom is 0.309 e. The van der Waals surface area contributed by atoms with Gasteiger partial charge in [0, 0.05) is 32.7 Å². The molecular formula is C16H26Cl2N2O3. The molecule has 0 aromatic heterocycles. The molecule has 1 aromatic rings. The van der Waals surface area contributed by atoms with Crippen molar-refractivity contribution in [2.45, 2.75) is 19.9 Å². The second-order valence-corrected chi connectivity index (χ2v) is 5.08. The average molecular weight is 365 g/mol. The molecule has 1 heterocycles. The number of rotatable bonds is 7. The van der Waals surface area contributed by atoms with E-state index in [4.69, 9.17) is 9.47 Å². The Kier molecular flexibility index (Phi) is 11.9. The largest absolute Gasteiger partial charge is 0.493 e. The highest BCUT2D eigenvalue weighted by Crippen LogP contribution is 2.15. The van der Waals surface area contributed by atoms with Gasteiger partial charge in [0.2, 0.25) is 0 Å². The van der Waals surface area contributed by atoms with Gasteiger partial charge >= 0.3 is 5.97 Å². The summed E-state index contributed by atoms with van der Waals surface area (Å²) in [4.78, 5) is 13.7. The molecule has 0 amide bonds. The van der Waals surface area contributed by atoms with E-state index in [2.05, 4.69) is 16.3 Å². The summed E-state index contributed by atoms with van der Waals surface area (Å²) in [6.07, 6.45) is 0.288. The van der Waals surface area contributed by atoms with E-state index in [1.165, 1.54) is 5.56 Å². The first-order chi connectivity index (χ1) is 10.3. The minimum atomic E-state index is -0.213. The molecule has 2 rings (SSSR count). The van der Waals surface area contributed by atoms with Crippen molar-refractivity contribution in [1.82, 2.24) is 10.2 Å². The number of hydrogen-bond donors (Lipinski definition) is 1. The highest BCUT2D eigenvalue weighted by Gasteiger charge is 2.10. The van der Waals surface area contributed by atoms with Gasteiger partial charge in [-0.25, -0.2) is 0 Å². The van der Waals surface area contributed by atoms with Crippen LogP contribution in [0.25, 0.3) is 0 Å². The molecule has 1 aliphatic rings. The van der Waals surface area contributed by atoms with Crippen LogP contribution in [-0.4, -0.2) is 50.3 Å². The van der Waals surface area contributed by atoms with Crippen LogP contribution in [0.2, 0.25) is 0 Å². The number of carbonyl (C=O) groups excluding carboxylic acids is 1. The molecule has 7 heteroatoms. The third-order valence-corrected chi connectivity index (χ3v) is 3.39. The molecule has 0 saturated carbocycles. The molecule has 1 N–H and O–H groups in total. The number of nitrogens with zero attached hydrogens (tertiary/aromatic N) is 1. The van der Waals surface area contributed by atoms with Crippen LogP contribution in [0.1, 0.15) is 18.9 Å². The molecule has 0 radical (unpaired) electrons. The first-order valence-electron chi connectivity index (χ1n) is 7.58. The Hall–Kier alpha value is -1.01. The Balaban J connectivity index is 0.00000242. The molecule has 132 valence electrons. The molecule has 1 saturated heterocycles. The van der Waals surface area contributed by atoms with Gasteiger partial charge in [-0.2, -0.15) is 0 Å². The van der Waals surface area contributed by atoms with Gasteiger partial charge in [-0.3, -0.25) is 9.69 Å². The monoisotopic (exact) mass is 364 g/mol. The van der Waals surface area contributed by atoms with Crippen molar-refractivity contribution < 1.29 is 14.3 Å². The molecule has 0 unspecified atom stereocenters. The van der Waals surface area contributed by atoms with Gasteiger partial charge in [0.25, 0.3) is 0 Å². The first-order valence-corrected chi connectivity index (χ1v) is 7.58. The highest BCUT2D eigenvalue weighted by molar-refractivity contribution is 5.85. The third kappa shape index (κ3) is 8.42. The lowest BCUT2D eigenvalue weighted by atomic mass is 10.2. The summed E-state index contributed by atoms with van der Waals surface area (Å²) in [6.45, 7) is 7.78. The predicted molar refractivity (Wildman–Crippen MR) is 95.8 cm³/mol.